The third-order valence-corrected chi connectivity index (χ3v) is 3.45. The summed E-state index contributed by atoms with van der Waals surface area (Å²) in [7, 11) is 3.53. The van der Waals surface area contributed by atoms with Crippen LogP contribution in [-0.2, 0) is 6.54 Å². The molecule has 2 aromatic carbocycles. The Morgan fingerprint density at radius 3 is 2.71 bits per heavy atom. The van der Waals surface area contributed by atoms with Crippen molar-refractivity contribution in [1.82, 2.24) is 5.32 Å². The Labute approximate surface area is 129 Å². The van der Waals surface area contributed by atoms with Crippen LogP contribution in [0.3, 0.4) is 0 Å². The van der Waals surface area contributed by atoms with Crippen LogP contribution in [0.5, 0.6) is 0 Å². The van der Waals surface area contributed by atoms with Crippen LogP contribution in [0.2, 0.25) is 5.02 Å². The number of rotatable bonds is 4. The Bertz CT molecular complexity index is 658. The summed E-state index contributed by atoms with van der Waals surface area (Å²) in [5, 5.41) is 3.34. The molecule has 2 aromatic rings. The molecule has 0 aliphatic rings. The van der Waals surface area contributed by atoms with Crippen molar-refractivity contribution in [2.45, 2.75) is 6.54 Å². The highest BCUT2D eigenvalue weighted by atomic mass is 35.5. The number of nitrogens with one attached hydrogen (secondary N) is 1. The zero-order chi connectivity index (χ0) is 15.4. The van der Waals surface area contributed by atoms with Gasteiger partial charge in [0.05, 0.1) is 11.3 Å². The number of nitrogen functional groups attached to an aromatic ring is 1. The molecule has 2 rings (SSSR count). The second-order valence-electron chi connectivity index (χ2n) is 4.84. The molecule has 0 radical (unpaired) electrons. The summed E-state index contributed by atoms with van der Waals surface area (Å²) >= 11 is 6.00. The Balaban J connectivity index is 2.31. The van der Waals surface area contributed by atoms with Crippen molar-refractivity contribution in [3.05, 3.63) is 58.6 Å². The number of halogens is 1. The van der Waals surface area contributed by atoms with Gasteiger partial charge in [0.25, 0.3) is 5.91 Å². The van der Waals surface area contributed by atoms with Crippen LogP contribution in [0.25, 0.3) is 0 Å². The summed E-state index contributed by atoms with van der Waals surface area (Å²) in [5.74, 6) is -0.136. The van der Waals surface area contributed by atoms with E-state index in [1.165, 1.54) is 0 Å². The molecule has 0 saturated heterocycles. The van der Waals surface area contributed by atoms with Gasteiger partial charge in [0, 0.05) is 31.4 Å². The molecule has 0 unspecified atom stereocenters. The normalized spacial score (nSPS) is 10.2. The highest BCUT2D eigenvalue weighted by molar-refractivity contribution is 6.30. The van der Waals surface area contributed by atoms with Gasteiger partial charge in [-0.15, -0.1) is 0 Å². The molecular weight excluding hydrogens is 286 g/mol. The molecule has 0 aromatic heterocycles. The fraction of sp³-hybridized carbons (Fsp3) is 0.188. The lowest BCUT2D eigenvalue weighted by Crippen LogP contribution is -2.24. The van der Waals surface area contributed by atoms with E-state index in [-0.39, 0.29) is 5.91 Å². The summed E-state index contributed by atoms with van der Waals surface area (Å²) in [6.45, 7) is 0.633. The first kappa shape index (κ1) is 15.2. The summed E-state index contributed by atoms with van der Waals surface area (Å²) in [6, 6.07) is 12.9. The van der Waals surface area contributed by atoms with Crippen LogP contribution in [0.15, 0.2) is 42.5 Å². The molecule has 0 bridgehead atoms. The van der Waals surface area contributed by atoms with E-state index in [1.54, 1.807) is 25.2 Å². The van der Waals surface area contributed by atoms with E-state index < -0.39 is 0 Å². The van der Waals surface area contributed by atoms with Crippen molar-refractivity contribution >= 4 is 28.9 Å². The van der Waals surface area contributed by atoms with Gasteiger partial charge >= 0.3 is 0 Å². The van der Waals surface area contributed by atoms with Crippen molar-refractivity contribution in [2.75, 3.05) is 24.7 Å². The van der Waals surface area contributed by atoms with Gasteiger partial charge in [-0.2, -0.15) is 0 Å². The number of hydrogen-bond donors (Lipinski definition) is 2. The third-order valence-electron chi connectivity index (χ3n) is 3.21. The zero-order valence-corrected chi connectivity index (χ0v) is 12.8. The highest BCUT2D eigenvalue weighted by Crippen LogP contribution is 2.24. The largest absolute Gasteiger partial charge is 0.399 e. The van der Waals surface area contributed by atoms with E-state index in [0.29, 0.717) is 22.8 Å². The van der Waals surface area contributed by atoms with Crippen LogP contribution in [-0.4, -0.2) is 20.0 Å². The number of amides is 1. The van der Waals surface area contributed by atoms with Gasteiger partial charge in [0.2, 0.25) is 0 Å². The van der Waals surface area contributed by atoms with Crippen molar-refractivity contribution in [3.8, 4) is 0 Å². The summed E-state index contributed by atoms with van der Waals surface area (Å²) in [4.78, 5) is 13.9. The Morgan fingerprint density at radius 2 is 2.05 bits per heavy atom. The van der Waals surface area contributed by atoms with Crippen molar-refractivity contribution in [3.63, 3.8) is 0 Å². The van der Waals surface area contributed by atoms with E-state index in [9.17, 15) is 4.79 Å². The van der Waals surface area contributed by atoms with Gasteiger partial charge in [0.15, 0.2) is 0 Å². The predicted octanol–water partition coefficient (Wildman–Crippen LogP) is 2.92. The number of carbonyl (C=O) groups is 1. The molecule has 0 atom stereocenters. The van der Waals surface area contributed by atoms with E-state index in [0.717, 1.165) is 11.3 Å². The molecule has 1 amide bonds. The molecule has 21 heavy (non-hydrogen) atoms. The van der Waals surface area contributed by atoms with Crippen molar-refractivity contribution in [1.29, 1.82) is 0 Å². The van der Waals surface area contributed by atoms with Gasteiger partial charge in [0.1, 0.15) is 0 Å². The van der Waals surface area contributed by atoms with Crippen LogP contribution in [0.1, 0.15) is 15.9 Å². The lowest BCUT2D eigenvalue weighted by molar-refractivity contribution is 0.0963. The maximum atomic E-state index is 12.0. The zero-order valence-electron chi connectivity index (χ0n) is 12.1. The van der Waals surface area contributed by atoms with Gasteiger partial charge in [-0.05, 0) is 35.9 Å². The molecule has 3 N–H and O–H groups in total. The van der Waals surface area contributed by atoms with Crippen LogP contribution < -0.4 is 16.0 Å². The molecule has 110 valence electrons. The average Bonchev–Trinajstić information content (AvgIpc) is 2.46. The summed E-state index contributed by atoms with van der Waals surface area (Å²) < 4.78 is 0. The van der Waals surface area contributed by atoms with Crippen molar-refractivity contribution < 1.29 is 4.79 Å². The smallest absolute Gasteiger partial charge is 0.253 e. The minimum absolute atomic E-state index is 0.136. The third kappa shape index (κ3) is 3.67. The fourth-order valence-electron chi connectivity index (χ4n) is 2.19. The molecule has 0 aliphatic carbocycles. The first-order chi connectivity index (χ1) is 10.0. The standard InChI is InChI=1S/C16H18ClN3O/c1-19-16(21)14-7-6-13(18)9-15(14)20(2)10-11-4-3-5-12(17)8-11/h3-9H,10,18H2,1-2H3,(H,19,21). The minimum Gasteiger partial charge on any atom is -0.399 e. The minimum atomic E-state index is -0.136. The highest BCUT2D eigenvalue weighted by Gasteiger charge is 2.14. The predicted molar refractivity (Wildman–Crippen MR) is 87.8 cm³/mol. The quantitative estimate of drug-likeness (QED) is 0.854. The second-order valence-corrected chi connectivity index (χ2v) is 5.28. The molecule has 0 fully saturated rings. The Hall–Kier alpha value is -2.20. The molecule has 0 aliphatic heterocycles. The van der Waals surface area contributed by atoms with E-state index in [1.807, 2.05) is 36.2 Å². The topological polar surface area (TPSA) is 58.4 Å². The number of nitrogens with two attached hydrogens (primary N) is 1. The molecule has 0 saturated carbocycles. The number of anilines is 2. The van der Waals surface area contributed by atoms with Crippen LogP contribution in [0.4, 0.5) is 11.4 Å². The SMILES string of the molecule is CNC(=O)c1ccc(N)cc1N(C)Cc1cccc(Cl)c1. The Kier molecular flexibility index (Phi) is 4.70. The number of hydrogen-bond acceptors (Lipinski definition) is 3. The maximum absolute atomic E-state index is 12.0. The number of nitrogens with zero attached hydrogens (tertiary/aromatic N) is 1. The number of carbonyl (C=O) groups excluding carboxylic acids is 1. The lowest BCUT2D eigenvalue weighted by atomic mass is 10.1. The summed E-state index contributed by atoms with van der Waals surface area (Å²) in [5.41, 5.74) is 8.91. The molecule has 0 spiro atoms. The van der Waals surface area contributed by atoms with E-state index in [2.05, 4.69) is 5.32 Å². The van der Waals surface area contributed by atoms with Gasteiger partial charge < -0.3 is 16.0 Å². The average molecular weight is 304 g/mol. The first-order valence-electron chi connectivity index (χ1n) is 6.58. The maximum Gasteiger partial charge on any atom is 0.253 e. The van der Waals surface area contributed by atoms with Crippen LogP contribution in [0, 0.1) is 0 Å². The second kappa shape index (κ2) is 6.50. The van der Waals surface area contributed by atoms with Crippen LogP contribution >= 0.6 is 11.6 Å². The van der Waals surface area contributed by atoms with E-state index >= 15 is 0 Å². The molecule has 0 heterocycles. The van der Waals surface area contributed by atoms with Gasteiger partial charge in [-0.1, -0.05) is 23.7 Å². The molecular formula is C16H18ClN3O. The fourth-order valence-corrected chi connectivity index (χ4v) is 2.40. The van der Waals surface area contributed by atoms with Gasteiger partial charge in [-0.3, -0.25) is 4.79 Å². The molecule has 5 heteroatoms. The van der Waals surface area contributed by atoms with E-state index in [4.69, 9.17) is 17.3 Å². The number of benzene rings is 2. The Morgan fingerprint density at radius 1 is 1.29 bits per heavy atom. The monoisotopic (exact) mass is 303 g/mol. The summed E-state index contributed by atoms with van der Waals surface area (Å²) in [6.07, 6.45) is 0. The molecule has 4 nitrogen and oxygen atoms in total. The lowest BCUT2D eigenvalue weighted by Gasteiger charge is -2.22. The first-order valence-corrected chi connectivity index (χ1v) is 6.96. The van der Waals surface area contributed by atoms with Gasteiger partial charge in [-0.25, -0.2) is 0 Å². The van der Waals surface area contributed by atoms with Crippen molar-refractivity contribution in [2.24, 2.45) is 0 Å².